The van der Waals surface area contributed by atoms with Crippen LogP contribution < -0.4 is 10.5 Å². The van der Waals surface area contributed by atoms with E-state index < -0.39 is 0 Å². The number of benzene rings is 1. The molecule has 0 amide bonds. The van der Waals surface area contributed by atoms with Crippen molar-refractivity contribution in [2.24, 2.45) is 11.7 Å². The summed E-state index contributed by atoms with van der Waals surface area (Å²) in [5, 5.41) is 0. The average Bonchev–Trinajstić information content (AvgIpc) is 3.04. The third-order valence-electron chi connectivity index (χ3n) is 3.86. The molecular formula is C14H19NO. The van der Waals surface area contributed by atoms with Gasteiger partial charge in [0.2, 0.25) is 0 Å². The van der Waals surface area contributed by atoms with Gasteiger partial charge >= 0.3 is 0 Å². The highest BCUT2D eigenvalue weighted by Crippen LogP contribution is 2.38. The third kappa shape index (κ3) is 1.94. The second-order valence-corrected chi connectivity index (χ2v) is 5.14. The van der Waals surface area contributed by atoms with Gasteiger partial charge in [0.25, 0.3) is 0 Å². The van der Waals surface area contributed by atoms with E-state index in [1.165, 1.54) is 24.8 Å². The zero-order valence-corrected chi connectivity index (χ0v) is 9.56. The van der Waals surface area contributed by atoms with Crippen LogP contribution in [0.3, 0.4) is 0 Å². The molecule has 2 N–H and O–H groups in total. The van der Waals surface area contributed by atoms with E-state index in [4.69, 9.17) is 10.5 Å². The van der Waals surface area contributed by atoms with Crippen LogP contribution in [-0.4, -0.2) is 12.6 Å². The second-order valence-electron chi connectivity index (χ2n) is 5.14. The number of rotatable bonds is 4. The van der Waals surface area contributed by atoms with Crippen LogP contribution in [0, 0.1) is 5.92 Å². The van der Waals surface area contributed by atoms with Crippen molar-refractivity contribution in [3.63, 3.8) is 0 Å². The first-order valence-electron chi connectivity index (χ1n) is 6.32. The molecule has 3 rings (SSSR count). The van der Waals surface area contributed by atoms with E-state index in [2.05, 4.69) is 12.1 Å². The molecule has 0 bridgehead atoms. The van der Waals surface area contributed by atoms with Gasteiger partial charge in [-0.25, -0.2) is 0 Å². The minimum atomic E-state index is 0.268. The summed E-state index contributed by atoms with van der Waals surface area (Å²) in [7, 11) is 0. The minimum absolute atomic E-state index is 0.268. The first-order valence-corrected chi connectivity index (χ1v) is 6.32. The molecular weight excluding hydrogens is 198 g/mol. The average molecular weight is 217 g/mol. The van der Waals surface area contributed by atoms with E-state index >= 15 is 0 Å². The summed E-state index contributed by atoms with van der Waals surface area (Å²) in [5.74, 6) is 2.42. The highest BCUT2D eigenvalue weighted by molar-refractivity contribution is 5.40. The van der Waals surface area contributed by atoms with Gasteiger partial charge in [-0.1, -0.05) is 31.0 Å². The van der Waals surface area contributed by atoms with Crippen molar-refractivity contribution >= 4 is 0 Å². The van der Waals surface area contributed by atoms with Crippen LogP contribution in [0.4, 0.5) is 0 Å². The van der Waals surface area contributed by atoms with E-state index in [9.17, 15) is 0 Å². The predicted octanol–water partition coefficient (Wildman–Crippen LogP) is 2.68. The first kappa shape index (κ1) is 10.2. The maximum Gasteiger partial charge on any atom is 0.122 e. The summed E-state index contributed by atoms with van der Waals surface area (Å²) in [4.78, 5) is 0. The Hall–Kier alpha value is -1.02. The molecule has 1 aromatic carbocycles. The van der Waals surface area contributed by atoms with Gasteiger partial charge in [0, 0.05) is 17.5 Å². The van der Waals surface area contributed by atoms with Crippen molar-refractivity contribution in [3.05, 3.63) is 29.8 Å². The van der Waals surface area contributed by atoms with Crippen LogP contribution in [0.5, 0.6) is 5.75 Å². The SMILES string of the molecule is NC(CCC1CC1)C1COc2ccccc21. The number of nitrogens with two attached hydrogens (primary N) is 1. The predicted molar refractivity (Wildman–Crippen MR) is 64.6 cm³/mol. The highest BCUT2D eigenvalue weighted by atomic mass is 16.5. The number of para-hydroxylation sites is 1. The summed E-state index contributed by atoms with van der Waals surface area (Å²) >= 11 is 0. The lowest BCUT2D eigenvalue weighted by Gasteiger charge is -2.17. The van der Waals surface area contributed by atoms with Gasteiger partial charge in [0.1, 0.15) is 5.75 Å². The molecule has 86 valence electrons. The van der Waals surface area contributed by atoms with Crippen LogP contribution in [0.2, 0.25) is 0 Å². The van der Waals surface area contributed by atoms with Crippen molar-refractivity contribution in [1.82, 2.24) is 0 Å². The van der Waals surface area contributed by atoms with Crippen LogP contribution >= 0.6 is 0 Å². The summed E-state index contributed by atoms with van der Waals surface area (Å²) < 4.78 is 5.67. The lowest BCUT2D eigenvalue weighted by Crippen LogP contribution is -2.29. The fourth-order valence-electron chi connectivity index (χ4n) is 2.58. The Kier molecular flexibility index (Phi) is 2.60. The number of fused-ring (bicyclic) bond motifs is 1. The Bertz CT molecular complexity index is 373. The fraction of sp³-hybridized carbons (Fsp3) is 0.571. The molecule has 1 heterocycles. The van der Waals surface area contributed by atoms with E-state index in [-0.39, 0.29) is 6.04 Å². The first-order chi connectivity index (χ1) is 7.84. The van der Waals surface area contributed by atoms with E-state index in [1.807, 2.05) is 12.1 Å². The Morgan fingerprint density at radius 3 is 2.94 bits per heavy atom. The van der Waals surface area contributed by atoms with Gasteiger partial charge in [0.15, 0.2) is 0 Å². The number of ether oxygens (including phenoxy) is 1. The molecule has 0 radical (unpaired) electrons. The molecule has 1 aromatic rings. The van der Waals surface area contributed by atoms with E-state index in [1.54, 1.807) is 0 Å². The highest BCUT2D eigenvalue weighted by Gasteiger charge is 2.30. The fourth-order valence-corrected chi connectivity index (χ4v) is 2.58. The molecule has 2 nitrogen and oxygen atoms in total. The molecule has 1 fully saturated rings. The van der Waals surface area contributed by atoms with Crippen molar-refractivity contribution in [2.75, 3.05) is 6.61 Å². The Balaban J connectivity index is 1.66. The zero-order valence-electron chi connectivity index (χ0n) is 9.56. The van der Waals surface area contributed by atoms with Crippen molar-refractivity contribution in [1.29, 1.82) is 0 Å². The Labute approximate surface area is 96.8 Å². The van der Waals surface area contributed by atoms with E-state index in [0.717, 1.165) is 24.7 Å². The van der Waals surface area contributed by atoms with Crippen molar-refractivity contribution < 1.29 is 4.74 Å². The lowest BCUT2D eigenvalue weighted by molar-refractivity contribution is 0.307. The molecule has 2 heteroatoms. The second kappa shape index (κ2) is 4.10. The standard InChI is InChI=1S/C14H19NO/c15-13(8-7-10-5-6-10)12-9-16-14-4-2-1-3-11(12)14/h1-4,10,12-13H,5-9,15H2. The largest absolute Gasteiger partial charge is 0.493 e. The maximum atomic E-state index is 6.29. The molecule has 1 aliphatic carbocycles. The normalized spacial score (nSPS) is 24.9. The van der Waals surface area contributed by atoms with Crippen LogP contribution in [-0.2, 0) is 0 Å². The summed E-state index contributed by atoms with van der Waals surface area (Å²) in [6, 6.07) is 8.57. The van der Waals surface area contributed by atoms with Gasteiger partial charge in [-0.15, -0.1) is 0 Å². The minimum Gasteiger partial charge on any atom is -0.493 e. The Morgan fingerprint density at radius 2 is 2.12 bits per heavy atom. The summed E-state index contributed by atoms with van der Waals surface area (Å²) in [6.07, 6.45) is 5.29. The van der Waals surface area contributed by atoms with Crippen molar-refractivity contribution in [2.45, 2.75) is 37.6 Å². The Morgan fingerprint density at radius 1 is 1.31 bits per heavy atom. The zero-order chi connectivity index (χ0) is 11.0. The molecule has 1 aliphatic heterocycles. The van der Waals surface area contributed by atoms with Crippen LogP contribution in [0.1, 0.15) is 37.2 Å². The lowest BCUT2D eigenvalue weighted by atomic mass is 9.90. The van der Waals surface area contributed by atoms with Crippen LogP contribution in [0.25, 0.3) is 0 Å². The monoisotopic (exact) mass is 217 g/mol. The van der Waals surface area contributed by atoms with E-state index in [0.29, 0.717) is 5.92 Å². The summed E-state index contributed by atoms with van der Waals surface area (Å²) in [5.41, 5.74) is 7.60. The molecule has 1 saturated carbocycles. The summed E-state index contributed by atoms with van der Waals surface area (Å²) in [6.45, 7) is 0.769. The van der Waals surface area contributed by atoms with Gasteiger partial charge < -0.3 is 10.5 Å². The molecule has 16 heavy (non-hydrogen) atoms. The molecule has 2 aliphatic rings. The molecule has 0 aromatic heterocycles. The topological polar surface area (TPSA) is 35.2 Å². The van der Waals surface area contributed by atoms with Gasteiger partial charge in [-0.3, -0.25) is 0 Å². The molecule has 2 unspecified atom stereocenters. The molecule has 2 atom stereocenters. The number of hydrogen-bond donors (Lipinski definition) is 1. The van der Waals surface area contributed by atoms with Gasteiger partial charge in [0.05, 0.1) is 6.61 Å². The maximum absolute atomic E-state index is 6.29. The van der Waals surface area contributed by atoms with Gasteiger partial charge in [-0.05, 0) is 24.8 Å². The quantitative estimate of drug-likeness (QED) is 0.841. The third-order valence-corrected chi connectivity index (χ3v) is 3.86. The molecule has 0 spiro atoms. The van der Waals surface area contributed by atoms with Crippen molar-refractivity contribution in [3.8, 4) is 5.75 Å². The number of hydrogen-bond acceptors (Lipinski definition) is 2. The molecule has 0 saturated heterocycles. The van der Waals surface area contributed by atoms with Crippen LogP contribution in [0.15, 0.2) is 24.3 Å². The smallest absolute Gasteiger partial charge is 0.122 e. The van der Waals surface area contributed by atoms with Gasteiger partial charge in [-0.2, -0.15) is 0 Å².